The van der Waals surface area contributed by atoms with E-state index in [-0.39, 0.29) is 12.5 Å². The van der Waals surface area contributed by atoms with Gasteiger partial charge in [0.25, 0.3) is 5.91 Å². The Kier molecular flexibility index (Phi) is 7.06. The van der Waals surface area contributed by atoms with Crippen LogP contribution in [0.5, 0.6) is 17.2 Å². The van der Waals surface area contributed by atoms with E-state index in [4.69, 9.17) is 14.2 Å². The summed E-state index contributed by atoms with van der Waals surface area (Å²) in [4.78, 5) is 11.7. The number of carbonyl (C=O) groups excluding carboxylic acids is 1. The van der Waals surface area contributed by atoms with Gasteiger partial charge in [-0.3, -0.25) is 4.79 Å². The summed E-state index contributed by atoms with van der Waals surface area (Å²) in [6.45, 7) is 3.90. The highest BCUT2D eigenvalue weighted by Crippen LogP contribution is 2.16. The number of amides is 1. The Labute approximate surface area is 146 Å². The molecule has 0 unspecified atom stereocenters. The zero-order valence-corrected chi connectivity index (χ0v) is 14.0. The summed E-state index contributed by atoms with van der Waals surface area (Å²) < 4.78 is 15.8. The quantitative estimate of drug-likeness (QED) is 0.433. The molecular formula is C19H20N2O4. The molecule has 1 amide bonds. The summed E-state index contributed by atoms with van der Waals surface area (Å²) in [7, 11) is 1.59. The molecule has 6 nitrogen and oxygen atoms in total. The van der Waals surface area contributed by atoms with E-state index >= 15 is 0 Å². The highest BCUT2D eigenvalue weighted by atomic mass is 16.5. The molecule has 2 rings (SSSR count). The second-order valence-corrected chi connectivity index (χ2v) is 4.93. The summed E-state index contributed by atoms with van der Waals surface area (Å²) >= 11 is 0. The van der Waals surface area contributed by atoms with Gasteiger partial charge in [-0.25, -0.2) is 5.43 Å². The fraction of sp³-hybridized carbons (Fsp3) is 0.158. The number of ether oxygens (including phenoxy) is 3. The fourth-order valence-electron chi connectivity index (χ4n) is 1.87. The Morgan fingerprint density at radius 1 is 1.12 bits per heavy atom. The van der Waals surface area contributed by atoms with E-state index in [1.54, 1.807) is 37.5 Å². The number of methoxy groups -OCH3 is 1. The molecule has 0 atom stereocenters. The Hall–Kier alpha value is -3.28. The van der Waals surface area contributed by atoms with Gasteiger partial charge in [-0.05, 0) is 42.0 Å². The lowest BCUT2D eigenvalue weighted by Crippen LogP contribution is -2.24. The number of hydrogen-bond acceptors (Lipinski definition) is 5. The maximum absolute atomic E-state index is 11.7. The molecule has 2 aromatic rings. The minimum Gasteiger partial charge on any atom is -0.497 e. The van der Waals surface area contributed by atoms with E-state index < -0.39 is 0 Å². The molecule has 0 saturated heterocycles. The van der Waals surface area contributed by atoms with E-state index in [2.05, 4.69) is 17.1 Å². The van der Waals surface area contributed by atoms with Crippen LogP contribution in [0.25, 0.3) is 0 Å². The summed E-state index contributed by atoms with van der Waals surface area (Å²) in [6, 6.07) is 14.3. The van der Waals surface area contributed by atoms with Gasteiger partial charge < -0.3 is 14.2 Å². The number of benzene rings is 2. The van der Waals surface area contributed by atoms with Gasteiger partial charge in [0.15, 0.2) is 6.61 Å². The van der Waals surface area contributed by atoms with Crippen LogP contribution in [-0.4, -0.2) is 32.4 Å². The molecule has 2 aromatic carbocycles. The van der Waals surface area contributed by atoms with Crippen LogP contribution in [0.2, 0.25) is 0 Å². The molecule has 0 aliphatic carbocycles. The van der Waals surface area contributed by atoms with Crippen molar-refractivity contribution in [1.82, 2.24) is 5.43 Å². The van der Waals surface area contributed by atoms with Crippen molar-refractivity contribution in [3.63, 3.8) is 0 Å². The largest absolute Gasteiger partial charge is 0.497 e. The normalized spacial score (nSPS) is 10.3. The minimum atomic E-state index is -0.355. The third kappa shape index (κ3) is 6.39. The SMILES string of the molecule is C=CCOc1cccc(/C=N\NC(=O)COc2ccc(OC)cc2)c1. The van der Waals surface area contributed by atoms with Crippen molar-refractivity contribution in [3.05, 3.63) is 66.7 Å². The molecule has 0 aliphatic rings. The van der Waals surface area contributed by atoms with Crippen molar-refractivity contribution in [2.24, 2.45) is 5.10 Å². The van der Waals surface area contributed by atoms with Gasteiger partial charge >= 0.3 is 0 Å². The molecular weight excluding hydrogens is 320 g/mol. The molecule has 25 heavy (non-hydrogen) atoms. The summed E-state index contributed by atoms with van der Waals surface area (Å²) in [5.74, 6) is 1.65. The van der Waals surface area contributed by atoms with Gasteiger partial charge in [0.05, 0.1) is 13.3 Å². The van der Waals surface area contributed by atoms with E-state index in [0.29, 0.717) is 18.1 Å². The first-order chi connectivity index (χ1) is 12.2. The lowest BCUT2D eigenvalue weighted by Gasteiger charge is -2.06. The van der Waals surface area contributed by atoms with Crippen LogP contribution >= 0.6 is 0 Å². The van der Waals surface area contributed by atoms with Crippen LogP contribution in [0, 0.1) is 0 Å². The van der Waals surface area contributed by atoms with Crippen molar-refractivity contribution in [3.8, 4) is 17.2 Å². The molecule has 0 aliphatic heterocycles. The average Bonchev–Trinajstić information content (AvgIpc) is 2.65. The van der Waals surface area contributed by atoms with Gasteiger partial charge in [0, 0.05) is 0 Å². The number of hydrogen-bond donors (Lipinski definition) is 1. The number of rotatable bonds is 9. The van der Waals surface area contributed by atoms with E-state index in [0.717, 1.165) is 11.3 Å². The van der Waals surface area contributed by atoms with Gasteiger partial charge in [-0.15, -0.1) is 0 Å². The van der Waals surface area contributed by atoms with Crippen molar-refractivity contribution in [1.29, 1.82) is 0 Å². The molecule has 6 heteroatoms. The molecule has 1 N–H and O–H groups in total. The van der Waals surface area contributed by atoms with Crippen LogP contribution in [0.3, 0.4) is 0 Å². The second kappa shape index (κ2) is 9.77. The number of carbonyl (C=O) groups is 1. The molecule has 0 saturated carbocycles. The first kappa shape index (κ1) is 18.1. The number of hydrazone groups is 1. The molecule has 0 heterocycles. The van der Waals surface area contributed by atoms with Crippen LogP contribution < -0.4 is 19.6 Å². The zero-order valence-electron chi connectivity index (χ0n) is 14.0. The Balaban J connectivity index is 1.78. The Bertz CT molecular complexity index is 726. The minimum absolute atomic E-state index is 0.133. The van der Waals surface area contributed by atoms with Crippen molar-refractivity contribution in [2.75, 3.05) is 20.3 Å². The molecule has 0 spiro atoms. The summed E-state index contributed by atoms with van der Waals surface area (Å²) in [5, 5.41) is 3.90. The van der Waals surface area contributed by atoms with Gasteiger partial charge in [-0.2, -0.15) is 5.10 Å². The van der Waals surface area contributed by atoms with E-state index in [1.165, 1.54) is 6.21 Å². The smallest absolute Gasteiger partial charge is 0.277 e. The standard InChI is InChI=1S/C19H20N2O4/c1-3-11-24-18-6-4-5-15(12-18)13-20-21-19(22)14-25-17-9-7-16(23-2)8-10-17/h3-10,12-13H,1,11,14H2,2H3,(H,21,22)/b20-13-. The summed E-state index contributed by atoms with van der Waals surface area (Å²) in [6.07, 6.45) is 3.20. The lowest BCUT2D eigenvalue weighted by atomic mass is 10.2. The molecule has 130 valence electrons. The Morgan fingerprint density at radius 2 is 1.88 bits per heavy atom. The average molecular weight is 340 g/mol. The van der Waals surface area contributed by atoms with Crippen LogP contribution in [0.4, 0.5) is 0 Å². The van der Waals surface area contributed by atoms with Crippen molar-refractivity contribution < 1.29 is 19.0 Å². The van der Waals surface area contributed by atoms with Crippen LogP contribution in [0.1, 0.15) is 5.56 Å². The van der Waals surface area contributed by atoms with Gasteiger partial charge in [0.1, 0.15) is 23.9 Å². The van der Waals surface area contributed by atoms with E-state index in [1.807, 2.05) is 24.3 Å². The maximum Gasteiger partial charge on any atom is 0.277 e. The number of nitrogens with one attached hydrogen (secondary N) is 1. The first-order valence-corrected chi connectivity index (χ1v) is 7.64. The van der Waals surface area contributed by atoms with E-state index in [9.17, 15) is 4.79 Å². The van der Waals surface area contributed by atoms with Crippen molar-refractivity contribution >= 4 is 12.1 Å². The van der Waals surface area contributed by atoms with Crippen LogP contribution in [-0.2, 0) is 4.79 Å². The fourth-order valence-corrected chi connectivity index (χ4v) is 1.87. The third-order valence-electron chi connectivity index (χ3n) is 3.06. The lowest BCUT2D eigenvalue weighted by molar-refractivity contribution is -0.123. The van der Waals surface area contributed by atoms with Gasteiger partial charge in [0.2, 0.25) is 0 Å². The Morgan fingerprint density at radius 3 is 2.60 bits per heavy atom. The zero-order chi connectivity index (χ0) is 17.9. The molecule has 0 radical (unpaired) electrons. The third-order valence-corrected chi connectivity index (χ3v) is 3.06. The molecule has 0 aromatic heterocycles. The number of nitrogens with zero attached hydrogens (tertiary/aromatic N) is 1. The van der Waals surface area contributed by atoms with Gasteiger partial charge in [-0.1, -0.05) is 24.8 Å². The first-order valence-electron chi connectivity index (χ1n) is 7.64. The topological polar surface area (TPSA) is 69.2 Å². The molecule has 0 bridgehead atoms. The maximum atomic E-state index is 11.7. The second-order valence-electron chi connectivity index (χ2n) is 4.93. The summed E-state index contributed by atoms with van der Waals surface area (Å²) in [5.41, 5.74) is 3.21. The highest BCUT2D eigenvalue weighted by Gasteiger charge is 2.02. The molecule has 0 fully saturated rings. The van der Waals surface area contributed by atoms with Crippen LogP contribution in [0.15, 0.2) is 66.3 Å². The predicted octanol–water partition coefficient (Wildman–Crippen LogP) is 2.79. The van der Waals surface area contributed by atoms with Crippen molar-refractivity contribution in [2.45, 2.75) is 0 Å². The predicted molar refractivity (Wildman–Crippen MR) is 96.4 cm³/mol. The highest BCUT2D eigenvalue weighted by molar-refractivity contribution is 5.83. The monoisotopic (exact) mass is 340 g/mol.